The fourth-order valence-corrected chi connectivity index (χ4v) is 1.75. The SMILES string of the molecule is CCCN1C(=O)CC(NCCC(=O)OC)C1=O. The molecular formula is C11H18N2O4. The van der Waals surface area contributed by atoms with Crippen LogP contribution in [0.25, 0.3) is 0 Å². The van der Waals surface area contributed by atoms with E-state index >= 15 is 0 Å². The number of hydrogen-bond donors (Lipinski definition) is 1. The fraction of sp³-hybridized carbons (Fsp3) is 0.727. The van der Waals surface area contributed by atoms with Crippen LogP contribution in [-0.4, -0.2) is 48.9 Å². The van der Waals surface area contributed by atoms with Gasteiger partial charge >= 0.3 is 5.97 Å². The lowest BCUT2D eigenvalue weighted by atomic mass is 10.2. The normalized spacial score (nSPS) is 19.9. The number of amides is 2. The van der Waals surface area contributed by atoms with E-state index in [0.29, 0.717) is 13.1 Å². The van der Waals surface area contributed by atoms with Gasteiger partial charge in [0.1, 0.15) is 0 Å². The monoisotopic (exact) mass is 242 g/mol. The Kier molecular flexibility index (Phi) is 5.09. The van der Waals surface area contributed by atoms with Gasteiger partial charge in [-0.3, -0.25) is 19.3 Å². The van der Waals surface area contributed by atoms with Crippen molar-refractivity contribution in [3.8, 4) is 0 Å². The predicted molar refractivity (Wildman–Crippen MR) is 60.1 cm³/mol. The first-order chi connectivity index (χ1) is 8.10. The van der Waals surface area contributed by atoms with Gasteiger partial charge in [0, 0.05) is 13.1 Å². The van der Waals surface area contributed by atoms with Gasteiger partial charge in [0.15, 0.2) is 0 Å². The van der Waals surface area contributed by atoms with E-state index in [-0.39, 0.29) is 30.6 Å². The highest BCUT2D eigenvalue weighted by atomic mass is 16.5. The zero-order chi connectivity index (χ0) is 12.8. The summed E-state index contributed by atoms with van der Waals surface area (Å²) in [5, 5.41) is 2.90. The second kappa shape index (κ2) is 6.34. The number of likely N-dealkylation sites (tertiary alicyclic amines) is 1. The molecule has 6 nitrogen and oxygen atoms in total. The van der Waals surface area contributed by atoms with Gasteiger partial charge in [-0.05, 0) is 6.42 Å². The van der Waals surface area contributed by atoms with Crippen LogP contribution in [0.15, 0.2) is 0 Å². The van der Waals surface area contributed by atoms with Crippen molar-refractivity contribution in [3.05, 3.63) is 0 Å². The minimum absolute atomic E-state index is 0.146. The summed E-state index contributed by atoms with van der Waals surface area (Å²) in [6.45, 7) is 2.72. The number of methoxy groups -OCH3 is 1. The highest BCUT2D eigenvalue weighted by Gasteiger charge is 2.37. The predicted octanol–water partition coefficient (Wildman–Crippen LogP) is -0.323. The summed E-state index contributed by atoms with van der Waals surface area (Å²) in [6, 6.07) is -0.487. The molecular weight excluding hydrogens is 224 g/mol. The van der Waals surface area contributed by atoms with Crippen molar-refractivity contribution in [2.24, 2.45) is 0 Å². The van der Waals surface area contributed by atoms with Gasteiger partial charge in [0.25, 0.3) is 0 Å². The molecule has 96 valence electrons. The summed E-state index contributed by atoms with van der Waals surface area (Å²) >= 11 is 0. The van der Waals surface area contributed by atoms with Gasteiger partial charge in [0.2, 0.25) is 11.8 Å². The lowest BCUT2D eigenvalue weighted by Gasteiger charge is -2.14. The molecule has 1 fully saturated rings. The molecule has 0 radical (unpaired) electrons. The molecule has 1 atom stereocenters. The topological polar surface area (TPSA) is 75.7 Å². The number of imide groups is 1. The van der Waals surface area contributed by atoms with Gasteiger partial charge in [-0.15, -0.1) is 0 Å². The lowest BCUT2D eigenvalue weighted by molar-refractivity contribution is -0.141. The first-order valence-corrected chi connectivity index (χ1v) is 5.74. The number of esters is 1. The second-order valence-corrected chi connectivity index (χ2v) is 3.92. The summed E-state index contributed by atoms with van der Waals surface area (Å²) in [7, 11) is 1.32. The molecule has 0 aliphatic carbocycles. The standard InChI is InChI=1S/C11H18N2O4/c1-3-6-13-9(14)7-8(11(13)16)12-5-4-10(15)17-2/h8,12H,3-7H2,1-2H3. The van der Waals surface area contributed by atoms with Crippen LogP contribution in [0.4, 0.5) is 0 Å². The average Bonchev–Trinajstić information content (AvgIpc) is 2.57. The number of nitrogens with zero attached hydrogens (tertiary/aromatic N) is 1. The van der Waals surface area contributed by atoms with E-state index in [2.05, 4.69) is 10.1 Å². The molecule has 0 aromatic heterocycles. The largest absolute Gasteiger partial charge is 0.469 e. The van der Waals surface area contributed by atoms with Crippen LogP contribution in [0, 0.1) is 0 Å². The average molecular weight is 242 g/mol. The van der Waals surface area contributed by atoms with E-state index in [1.807, 2.05) is 6.92 Å². The Morgan fingerprint density at radius 2 is 2.24 bits per heavy atom. The highest BCUT2D eigenvalue weighted by molar-refractivity contribution is 6.05. The minimum Gasteiger partial charge on any atom is -0.469 e. The van der Waals surface area contributed by atoms with Gasteiger partial charge < -0.3 is 10.1 Å². The maximum atomic E-state index is 11.8. The Labute approximate surface area is 100 Å². The minimum atomic E-state index is -0.487. The van der Waals surface area contributed by atoms with Crippen molar-refractivity contribution in [2.75, 3.05) is 20.2 Å². The maximum absolute atomic E-state index is 11.8. The number of nitrogens with one attached hydrogen (secondary N) is 1. The molecule has 1 rings (SSSR count). The molecule has 6 heteroatoms. The summed E-state index contributed by atoms with van der Waals surface area (Å²) in [6.07, 6.45) is 1.13. The van der Waals surface area contributed by atoms with E-state index < -0.39 is 6.04 Å². The van der Waals surface area contributed by atoms with Crippen LogP contribution in [0.2, 0.25) is 0 Å². The molecule has 1 N–H and O–H groups in total. The zero-order valence-corrected chi connectivity index (χ0v) is 10.2. The third-order valence-electron chi connectivity index (χ3n) is 2.64. The summed E-state index contributed by atoms with van der Waals surface area (Å²) in [5.74, 6) is -0.672. The van der Waals surface area contributed by atoms with Crippen LogP contribution in [-0.2, 0) is 19.1 Å². The zero-order valence-electron chi connectivity index (χ0n) is 10.2. The Morgan fingerprint density at radius 1 is 1.53 bits per heavy atom. The van der Waals surface area contributed by atoms with Gasteiger partial charge in [-0.2, -0.15) is 0 Å². The Bertz CT molecular complexity index is 317. The van der Waals surface area contributed by atoms with Gasteiger partial charge in [-0.1, -0.05) is 6.92 Å². The first-order valence-electron chi connectivity index (χ1n) is 5.74. The summed E-state index contributed by atoms with van der Waals surface area (Å²) in [4.78, 5) is 35.4. The quantitative estimate of drug-likeness (QED) is 0.510. The third kappa shape index (κ3) is 3.52. The molecule has 0 aromatic rings. The molecule has 2 amide bonds. The van der Waals surface area contributed by atoms with E-state index in [4.69, 9.17) is 0 Å². The van der Waals surface area contributed by atoms with E-state index in [0.717, 1.165) is 6.42 Å². The van der Waals surface area contributed by atoms with Crippen molar-refractivity contribution >= 4 is 17.8 Å². The molecule has 0 saturated carbocycles. The maximum Gasteiger partial charge on any atom is 0.306 e. The number of ether oxygens (including phenoxy) is 1. The smallest absolute Gasteiger partial charge is 0.306 e. The molecule has 1 aliphatic heterocycles. The van der Waals surface area contributed by atoms with E-state index in [1.54, 1.807) is 0 Å². The first kappa shape index (κ1) is 13.6. The highest BCUT2D eigenvalue weighted by Crippen LogP contribution is 2.13. The van der Waals surface area contributed by atoms with Crippen molar-refractivity contribution in [3.63, 3.8) is 0 Å². The molecule has 0 aromatic carbocycles. The Hall–Kier alpha value is -1.43. The Morgan fingerprint density at radius 3 is 2.82 bits per heavy atom. The molecule has 0 spiro atoms. The van der Waals surface area contributed by atoms with Crippen LogP contribution in [0.1, 0.15) is 26.2 Å². The number of carbonyl (C=O) groups excluding carboxylic acids is 3. The fourth-order valence-electron chi connectivity index (χ4n) is 1.75. The molecule has 1 aliphatic rings. The third-order valence-corrected chi connectivity index (χ3v) is 2.64. The van der Waals surface area contributed by atoms with Crippen LogP contribution < -0.4 is 5.32 Å². The van der Waals surface area contributed by atoms with Gasteiger partial charge in [0.05, 0.1) is 26.0 Å². The summed E-state index contributed by atoms with van der Waals surface area (Å²) in [5.41, 5.74) is 0. The van der Waals surface area contributed by atoms with Crippen molar-refractivity contribution in [1.82, 2.24) is 10.2 Å². The molecule has 0 bridgehead atoms. The number of rotatable bonds is 6. The van der Waals surface area contributed by atoms with Crippen molar-refractivity contribution in [2.45, 2.75) is 32.2 Å². The summed E-state index contributed by atoms with van der Waals surface area (Å²) < 4.78 is 4.48. The number of hydrogen-bond acceptors (Lipinski definition) is 5. The lowest BCUT2D eigenvalue weighted by Crippen LogP contribution is -2.39. The van der Waals surface area contributed by atoms with Crippen molar-refractivity contribution in [1.29, 1.82) is 0 Å². The Balaban J connectivity index is 2.38. The molecule has 1 saturated heterocycles. The molecule has 1 heterocycles. The second-order valence-electron chi connectivity index (χ2n) is 3.92. The van der Waals surface area contributed by atoms with Gasteiger partial charge in [-0.25, -0.2) is 0 Å². The van der Waals surface area contributed by atoms with Crippen molar-refractivity contribution < 1.29 is 19.1 Å². The molecule has 1 unspecified atom stereocenters. The number of carbonyl (C=O) groups is 3. The van der Waals surface area contributed by atoms with Crippen LogP contribution in [0.3, 0.4) is 0 Å². The van der Waals surface area contributed by atoms with Crippen LogP contribution >= 0.6 is 0 Å². The van der Waals surface area contributed by atoms with Crippen LogP contribution in [0.5, 0.6) is 0 Å². The molecule has 17 heavy (non-hydrogen) atoms. The van der Waals surface area contributed by atoms with E-state index in [9.17, 15) is 14.4 Å². The van der Waals surface area contributed by atoms with E-state index in [1.165, 1.54) is 12.0 Å².